The van der Waals surface area contributed by atoms with Gasteiger partial charge in [0.05, 0.1) is 12.1 Å². The number of nitrogens with one attached hydrogen (secondary N) is 1. The first-order chi connectivity index (χ1) is 9.77. The molecule has 0 saturated heterocycles. The summed E-state index contributed by atoms with van der Waals surface area (Å²) in [6.07, 6.45) is -2.69. The number of nitrogens with zero attached hydrogens (tertiary/aromatic N) is 1. The van der Waals surface area contributed by atoms with E-state index in [9.17, 15) is 13.2 Å². The lowest BCUT2D eigenvalue weighted by Crippen LogP contribution is -2.15. The number of aromatic nitrogens is 1. The smallest absolute Gasteiger partial charge is 0.389 e. The highest BCUT2D eigenvalue weighted by Gasteiger charge is 2.31. The van der Waals surface area contributed by atoms with Crippen LogP contribution < -0.4 is 11.1 Å². The van der Waals surface area contributed by atoms with Crippen molar-refractivity contribution in [2.24, 2.45) is 5.73 Å². The molecular formula is C13H12F3N3S2. The minimum Gasteiger partial charge on any atom is -0.389 e. The predicted octanol–water partition coefficient (Wildman–Crippen LogP) is 3.72. The van der Waals surface area contributed by atoms with Crippen molar-refractivity contribution in [2.75, 3.05) is 5.32 Å². The number of hydrogen-bond acceptors (Lipinski definition) is 4. The Morgan fingerprint density at radius 3 is 2.67 bits per heavy atom. The van der Waals surface area contributed by atoms with Crippen LogP contribution in [0.4, 0.5) is 18.9 Å². The number of thiocarbonyl (C=S) groups is 1. The van der Waals surface area contributed by atoms with Crippen LogP contribution >= 0.6 is 23.6 Å². The van der Waals surface area contributed by atoms with Crippen molar-refractivity contribution in [1.82, 2.24) is 4.98 Å². The number of anilines is 1. The van der Waals surface area contributed by atoms with Crippen LogP contribution in [0.2, 0.25) is 0 Å². The lowest BCUT2D eigenvalue weighted by atomic mass is 10.1. The molecule has 0 radical (unpaired) electrons. The molecule has 0 amide bonds. The van der Waals surface area contributed by atoms with E-state index < -0.39 is 11.7 Å². The number of nitrogens with two attached hydrogens (primary N) is 1. The van der Waals surface area contributed by atoms with E-state index in [1.165, 1.54) is 17.4 Å². The van der Waals surface area contributed by atoms with Gasteiger partial charge in [-0.15, -0.1) is 11.3 Å². The molecular weight excluding hydrogens is 319 g/mol. The summed E-state index contributed by atoms with van der Waals surface area (Å²) in [6, 6.07) is 3.28. The van der Waals surface area contributed by atoms with Gasteiger partial charge < -0.3 is 11.1 Å². The lowest BCUT2D eigenvalue weighted by molar-refractivity contribution is -0.137. The molecule has 0 bridgehead atoms. The van der Waals surface area contributed by atoms with Gasteiger partial charge in [0, 0.05) is 22.3 Å². The summed E-state index contributed by atoms with van der Waals surface area (Å²) in [7, 11) is 0. The highest BCUT2D eigenvalue weighted by Crippen LogP contribution is 2.32. The number of halogens is 3. The fraction of sp³-hybridized carbons (Fsp3) is 0.231. The molecule has 0 aliphatic carbocycles. The van der Waals surface area contributed by atoms with Crippen molar-refractivity contribution >= 4 is 34.2 Å². The second kappa shape index (κ2) is 5.98. The zero-order valence-corrected chi connectivity index (χ0v) is 12.6. The fourth-order valence-corrected chi connectivity index (χ4v) is 2.63. The Kier molecular flexibility index (Phi) is 4.48. The number of alkyl halides is 3. The van der Waals surface area contributed by atoms with E-state index in [1.54, 1.807) is 6.20 Å². The lowest BCUT2D eigenvalue weighted by Gasteiger charge is -2.13. The van der Waals surface area contributed by atoms with Gasteiger partial charge in [-0.25, -0.2) is 4.98 Å². The standard InChI is InChI=1S/C13H12F3N3S2/c1-7-5-19-11(21-7)6-18-10-3-2-8(13(14,15)16)4-9(10)12(17)20/h2-5,18H,6H2,1H3,(H2,17,20). The van der Waals surface area contributed by atoms with Gasteiger partial charge in [-0.3, -0.25) is 0 Å². The van der Waals surface area contributed by atoms with E-state index in [0.717, 1.165) is 22.0 Å². The summed E-state index contributed by atoms with van der Waals surface area (Å²) in [5.41, 5.74) is 5.37. The molecule has 0 saturated carbocycles. The Morgan fingerprint density at radius 1 is 1.43 bits per heavy atom. The minimum atomic E-state index is -4.43. The molecule has 2 aromatic rings. The first-order valence-corrected chi connectivity index (χ1v) is 7.16. The largest absolute Gasteiger partial charge is 0.416 e. The van der Waals surface area contributed by atoms with Crippen molar-refractivity contribution in [3.63, 3.8) is 0 Å². The number of aryl methyl sites for hydroxylation is 1. The maximum atomic E-state index is 12.7. The zero-order chi connectivity index (χ0) is 15.6. The highest BCUT2D eigenvalue weighted by atomic mass is 32.1. The normalized spacial score (nSPS) is 11.4. The second-order valence-corrected chi connectivity index (χ2v) is 6.10. The van der Waals surface area contributed by atoms with Crippen molar-refractivity contribution < 1.29 is 13.2 Å². The summed E-state index contributed by atoms with van der Waals surface area (Å²) in [4.78, 5) is 5.15. The van der Waals surface area contributed by atoms with Crippen LogP contribution in [-0.2, 0) is 12.7 Å². The van der Waals surface area contributed by atoms with Gasteiger partial charge in [0.2, 0.25) is 0 Å². The molecule has 0 spiro atoms. The number of benzene rings is 1. The van der Waals surface area contributed by atoms with Gasteiger partial charge in [0.15, 0.2) is 0 Å². The molecule has 2 rings (SSSR count). The van der Waals surface area contributed by atoms with Gasteiger partial charge >= 0.3 is 6.18 Å². The van der Waals surface area contributed by atoms with Gasteiger partial charge in [-0.1, -0.05) is 12.2 Å². The Morgan fingerprint density at radius 2 is 2.14 bits per heavy atom. The Hall–Kier alpha value is -1.67. The molecule has 3 N–H and O–H groups in total. The first-order valence-electron chi connectivity index (χ1n) is 5.93. The van der Waals surface area contributed by atoms with Gasteiger partial charge in [0.1, 0.15) is 10.00 Å². The van der Waals surface area contributed by atoms with Gasteiger partial charge in [-0.05, 0) is 25.1 Å². The van der Waals surface area contributed by atoms with Crippen molar-refractivity contribution in [1.29, 1.82) is 0 Å². The zero-order valence-electron chi connectivity index (χ0n) is 11.0. The molecule has 0 aliphatic heterocycles. The first kappa shape index (κ1) is 15.7. The molecule has 3 nitrogen and oxygen atoms in total. The summed E-state index contributed by atoms with van der Waals surface area (Å²) in [5.74, 6) is 0. The highest BCUT2D eigenvalue weighted by molar-refractivity contribution is 7.80. The van der Waals surface area contributed by atoms with Crippen LogP contribution in [0.3, 0.4) is 0 Å². The SMILES string of the molecule is Cc1cnc(CNc2ccc(C(F)(F)F)cc2C(N)=S)s1. The third-order valence-electron chi connectivity index (χ3n) is 2.71. The summed E-state index contributed by atoms with van der Waals surface area (Å²) < 4.78 is 38.1. The van der Waals surface area contributed by atoms with Crippen LogP contribution in [0.15, 0.2) is 24.4 Å². The average molecular weight is 331 g/mol. The van der Waals surface area contributed by atoms with E-state index in [0.29, 0.717) is 12.2 Å². The van der Waals surface area contributed by atoms with Crippen LogP contribution in [0, 0.1) is 6.92 Å². The molecule has 0 aliphatic rings. The van der Waals surface area contributed by atoms with Crippen LogP contribution in [0.25, 0.3) is 0 Å². The molecule has 0 atom stereocenters. The van der Waals surface area contributed by atoms with Crippen molar-refractivity contribution in [3.8, 4) is 0 Å². The number of thiazole rings is 1. The molecule has 1 aromatic heterocycles. The minimum absolute atomic E-state index is 0.0843. The van der Waals surface area contributed by atoms with Crippen LogP contribution in [0.1, 0.15) is 21.0 Å². The Labute approximate surface area is 129 Å². The third-order valence-corrected chi connectivity index (χ3v) is 3.84. The molecule has 0 unspecified atom stereocenters. The summed E-state index contributed by atoms with van der Waals surface area (Å²) >= 11 is 6.34. The quantitative estimate of drug-likeness (QED) is 0.839. The van der Waals surface area contributed by atoms with Crippen LogP contribution in [-0.4, -0.2) is 9.97 Å². The molecule has 21 heavy (non-hydrogen) atoms. The maximum Gasteiger partial charge on any atom is 0.416 e. The second-order valence-electron chi connectivity index (χ2n) is 4.34. The molecule has 1 aromatic carbocycles. The average Bonchev–Trinajstić information content (AvgIpc) is 2.80. The Balaban J connectivity index is 2.24. The van der Waals surface area contributed by atoms with E-state index in [-0.39, 0.29) is 10.6 Å². The summed E-state index contributed by atoms with van der Waals surface area (Å²) in [6.45, 7) is 2.33. The third kappa shape index (κ3) is 3.92. The van der Waals surface area contributed by atoms with Gasteiger partial charge in [-0.2, -0.15) is 13.2 Å². The van der Waals surface area contributed by atoms with E-state index >= 15 is 0 Å². The van der Waals surface area contributed by atoms with E-state index in [2.05, 4.69) is 10.3 Å². The number of rotatable bonds is 4. The van der Waals surface area contributed by atoms with E-state index in [4.69, 9.17) is 18.0 Å². The monoisotopic (exact) mass is 331 g/mol. The Bertz CT molecular complexity index is 665. The van der Waals surface area contributed by atoms with Crippen LogP contribution in [0.5, 0.6) is 0 Å². The maximum absolute atomic E-state index is 12.7. The summed E-state index contributed by atoms with van der Waals surface area (Å²) in [5, 5.41) is 3.85. The fourth-order valence-electron chi connectivity index (χ4n) is 1.73. The molecule has 1 heterocycles. The molecule has 0 fully saturated rings. The van der Waals surface area contributed by atoms with Gasteiger partial charge in [0.25, 0.3) is 0 Å². The molecule has 112 valence electrons. The topological polar surface area (TPSA) is 50.9 Å². The molecule has 8 heteroatoms. The van der Waals surface area contributed by atoms with E-state index in [1.807, 2.05) is 6.92 Å². The van der Waals surface area contributed by atoms with Crippen molar-refractivity contribution in [3.05, 3.63) is 45.4 Å². The number of hydrogen-bond donors (Lipinski definition) is 2. The van der Waals surface area contributed by atoms with Crippen molar-refractivity contribution in [2.45, 2.75) is 19.6 Å². The predicted molar refractivity (Wildman–Crippen MR) is 81.5 cm³/mol.